The number of nitrogens with one attached hydrogen (secondary N) is 1. The van der Waals surface area contributed by atoms with Crippen LogP contribution in [-0.2, 0) is 6.42 Å². The number of fused-ring (bicyclic) bond motifs is 1. The van der Waals surface area contributed by atoms with Crippen molar-refractivity contribution in [3.63, 3.8) is 0 Å². The van der Waals surface area contributed by atoms with Crippen LogP contribution in [0.15, 0.2) is 18.2 Å². The summed E-state index contributed by atoms with van der Waals surface area (Å²) in [6, 6.07) is 5.91. The summed E-state index contributed by atoms with van der Waals surface area (Å²) in [4.78, 5) is 0.823. The van der Waals surface area contributed by atoms with Gasteiger partial charge in [0, 0.05) is 17.8 Å². The lowest BCUT2D eigenvalue weighted by molar-refractivity contribution is 0.848. The first kappa shape index (κ1) is 7.55. The number of nitrogens with two attached hydrogens (primary N) is 1. The Morgan fingerprint density at radius 2 is 2.25 bits per heavy atom. The van der Waals surface area contributed by atoms with Crippen LogP contribution < -0.4 is 11.1 Å². The van der Waals surface area contributed by atoms with E-state index in [1.807, 2.05) is 12.1 Å². The van der Waals surface area contributed by atoms with Gasteiger partial charge in [0.1, 0.15) is 4.99 Å². The molecule has 0 aliphatic carbocycles. The molecule has 0 radical (unpaired) electrons. The average molecular weight is 178 g/mol. The zero-order chi connectivity index (χ0) is 8.55. The van der Waals surface area contributed by atoms with Gasteiger partial charge in [-0.25, -0.2) is 0 Å². The largest absolute Gasteiger partial charge is 0.399 e. The third kappa shape index (κ3) is 1.16. The van der Waals surface area contributed by atoms with Gasteiger partial charge in [-0.05, 0) is 24.1 Å². The number of anilines is 1. The van der Waals surface area contributed by atoms with Crippen LogP contribution in [0.25, 0.3) is 0 Å². The highest BCUT2D eigenvalue weighted by molar-refractivity contribution is 7.80. The van der Waals surface area contributed by atoms with Gasteiger partial charge in [-0.1, -0.05) is 18.3 Å². The van der Waals surface area contributed by atoms with E-state index in [2.05, 4.69) is 11.4 Å². The molecular formula is C9H10N2S. The fourth-order valence-electron chi connectivity index (χ4n) is 1.43. The molecule has 2 nitrogen and oxygen atoms in total. The van der Waals surface area contributed by atoms with Gasteiger partial charge in [0.25, 0.3) is 0 Å². The molecular weight excluding hydrogens is 168 g/mol. The molecule has 0 bridgehead atoms. The summed E-state index contributed by atoms with van der Waals surface area (Å²) in [5.41, 5.74) is 8.83. The molecule has 1 aliphatic heterocycles. The van der Waals surface area contributed by atoms with Gasteiger partial charge in [0.15, 0.2) is 0 Å². The Labute approximate surface area is 76.8 Å². The second-order valence-corrected chi connectivity index (χ2v) is 3.33. The van der Waals surface area contributed by atoms with E-state index in [-0.39, 0.29) is 0 Å². The average Bonchev–Trinajstić information content (AvgIpc) is 2.07. The monoisotopic (exact) mass is 178 g/mol. The maximum absolute atomic E-state index is 5.66. The van der Waals surface area contributed by atoms with E-state index in [0.717, 1.165) is 29.2 Å². The SMILES string of the molecule is Nc1ccc2c(c1)C(=S)NCC2. The Morgan fingerprint density at radius 1 is 1.42 bits per heavy atom. The fourth-order valence-corrected chi connectivity index (χ4v) is 1.72. The van der Waals surface area contributed by atoms with Crippen LogP contribution >= 0.6 is 12.2 Å². The Morgan fingerprint density at radius 3 is 3.08 bits per heavy atom. The minimum atomic E-state index is 0.778. The fraction of sp³-hybridized carbons (Fsp3) is 0.222. The number of hydrogen-bond donors (Lipinski definition) is 2. The minimum absolute atomic E-state index is 0.778. The Hall–Kier alpha value is -1.09. The number of hydrogen-bond acceptors (Lipinski definition) is 2. The van der Waals surface area contributed by atoms with Crippen molar-refractivity contribution in [3.8, 4) is 0 Å². The van der Waals surface area contributed by atoms with Crippen molar-refractivity contribution in [2.24, 2.45) is 0 Å². The van der Waals surface area contributed by atoms with Gasteiger partial charge in [-0.2, -0.15) is 0 Å². The van der Waals surface area contributed by atoms with Crippen LogP contribution in [0.1, 0.15) is 11.1 Å². The molecule has 0 fully saturated rings. The molecule has 62 valence electrons. The summed E-state index contributed by atoms with van der Waals surface area (Å²) in [6.07, 6.45) is 1.04. The number of rotatable bonds is 0. The molecule has 0 saturated heterocycles. The molecule has 12 heavy (non-hydrogen) atoms. The van der Waals surface area contributed by atoms with Crippen molar-refractivity contribution in [1.29, 1.82) is 0 Å². The molecule has 0 aromatic heterocycles. The van der Waals surface area contributed by atoms with E-state index in [4.69, 9.17) is 18.0 Å². The second-order valence-electron chi connectivity index (χ2n) is 2.92. The van der Waals surface area contributed by atoms with E-state index in [1.165, 1.54) is 5.56 Å². The van der Waals surface area contributed by atoms with Crippen LogP contribution in [0.3, 0.4) is 0 Å². The zero-order valence-corrected chi connectivity index (χ0v) is 7.45. The van der Waals surface area contributed by atoms with Crippen LogP contribution in [-0.4, -0.2) is 11.5 Å². The Kier molecular flexibility index (Phi) is 1.73. The lowest BCUT2D eigenvalue weighted by Gasteiger charge is -2.18. The molecule has 1 aromatic rings. The molecule has 3 N–H and O–H groups in total. The third-order valence-electron chi connectivity index (χ3n) is 2.06. The van der Waals surface area contributed by atoms with Crippen molar-refractivity contribution in [1.82, 2.24) is 5.32 Å². The van der Waals surface area contributed by atoms with E-state index >= 15 is 0 Å². The zero-order valence-electron chi connectivity index (χ0n) is 6.63. The molecule has 1 aromatic carbocycles. The molecule has 0 unspecified atom stereocenters. The van der Waals surface area contributed by atoms with Crippen molar-refractivity contribution in [2.75, 3.05) is 12.3 Å². The highest BCUT2D eigenvalue weighted by Crippen LogP contribution is 2.17. The normalized spacial score (nSPS) is 15.2. The summed E-state index contributed by atoms with van der Waals surface area (Å²) >= 11 is 5.15. The van der Waals surface area contributed by atoms with Gasteiger partial charge in [0.05, 0.1) is 0 Å². The van der Waals surface area contributed by atoms with E-state index in [9.17, 15) is 0 Å². The van der Waals surface area contributed by atoms with E-state index < -0.39 is 0 Å². The van der Waals surface area contributed by atoms with Gasteiger partial charge >= 0.3 is 0 Å². The lowest BCUT2D eigenvalue weighted by atomic mass is 10.0. The Balaban J connectivity index is 2.54. The lowest BCUT2D eigenvalue weighted by Crippen LogP contribution is -2.30. The molecule has 0 atom stereocenters. The molecule has 0 spiro atoms. The molecule has 1 aliphatic rings. The third-order valence-corrected chi connectivity index (χ3v) is 2.42. The molecule has 2 rings (SSSR count). The van der Waals surface area contributed by atoms with Crippen molar-refractivity contribution in [3.05, 3.63) is 29.3 Å². The molecule has 3 heteroatoms. The summed E-state index contributed by atoms with van der Waals surface area (Å²) in [5.74, 6) is 0. The first-order valence-electron chi connectivity index (χ1n) is 3.94. The van der Waals surface area contributed by atoms with E-state index in [1.54, 1.807) is 0 Å². The quantitative estimate of drug-likeness (QED) is 0.461. The van der Waals surface area contributed by atoms with Crippen molar-refractivity contribution >= 4 is 22.9 Å². The van der Waals surface area contributed by atoms with Crippen molar-refractivity contribution < 1.29 is 0 Å². The maximum Gasteiger partial charge on any atom is 0.106 e. The smallest absolute Gasteiger partial charge is 0.106 e. The summed E-state index contributed by atoms with van der Waals surface area (Å²) in [6.45, 7) is 0.940. The van der Waals surface area contributed by atoms with Crippen LogP contribution in [0.5, 0.6) is 0 Å². The second kappa shape index (κ2) is 2.75. The summed E-state index contributed by atoms with van der Waals surface area (Å²) < 4.78 is 0. The predicted molar refractivity (Wildman–Crippen MR) is 54.3 cm³/mol. The van der Waals surface area contributed by atoms with Gasteiger partial charge < -0.3 is 11.1 Å². The first-order chi connectivity index (χ1) is 5.77. The highest BCUT2D eigenvalue weighted by Gasteiger charge is 2.12. The standard InChI is InChI=1S/C9H10N2S/c10-7-2-1-6-3-4-11-9(12)8(6)5-7/h1-2,5H,3-4,10H2,(H,11,12). The Bertz CT molecular complexity index is 333. The van der Waals surface area contributed by atoms with Crippen molar-refractivity contribution in [2.45, 2.75) is 6.42 Å². The maximum atomic E-state index is 5.66. The molecule has 0 amide bonds. The van der Waals surface area contributed by atoms with Gasteiger partial charge in [-0.15, -0.1) is 0 Å². The number of thiocarbonyl (C=S) groups is 1. The minimum Gasteiger partial charge on any atom is -0.399 e. The topological polar surface area (TPSA) is 38.0 Å². The van der Waals surface area contributed by atoms with Crippen LogP contribution in [0, 0.1) is 0 Å². The number of nitrogen functional groups attached to an aromatic ring is 1. The highest BCUT2D eigenvalue weighted by atomic mass is 32.1. The van der Waals surface area contributed by atoms with Crippen LogP contribution in [0.4, 0.5) is 5.69 Å². The van der Waals surface area contributed by atoms with Crippen LogP contribution in [0.2, 0.25) is 0 Å². The summed E-state index contributed by atoms with van der Waals surface area (Å²) in [5, 5.41) is 3.14. The van der Waals surface area contributed by atoms with E-state index in [0.29, 0.717) is 0 Å². The van der Waals surface area contributed by atoms with Gasteiger partial charge in [0.2, 0.25) is 0 Å². The summed E-state index contributed by atoms with van der Waals surface area (Å²) in [7, 11) is 0. The van der Waals surface area contributed by atoms with Gasteiger partial charge in [-0.3, -0.25) is 0 Å². The number of benzene rings is 1. The molecule has 0 saturated carbocycles. The first-order valence-corrected chi connectivity index (χ1v) is 4.35. The predicted octanol–water partition coefficient (Wildman–Crippen LogP) is 1.09. The molecule has 1 heterocycles.